The van der Waals surface area contributed by atoms with Gasteiger partial charge in [-0.2, -0.15) is 0 Å². The molecular formula is C17H19NO. The molecule has 2 aromatic rings. The number of benzene rings is 2. The summed E-state index contributed by atoms with van der Waals surface area (Å²) < 4.78 is 0. The molecule has 0 radical (unpaired) electrons. The molecule has 0 aromatic heterocycles. The molecule has 0 heterocycles. The van der Waals surface area contributed by atoms with Crippen molar-refractivity contribution in [2.45, 2.75) is 20.0 Å². The van der Waals surface area contributed by atoms with Crippen molar-refractivity contribution >= 4 is 6.29 Å². The van der Waals surface area contributed by atoms with Gasteiger partial charge in [-0.15, -0.1) is 0 Å². The van der Waals surface area contributed by atoms with Crippen LogP contribution in [0, 0.1) is 0 Å². The van der Waals surface area contributed by atoms with Gasteiger partial charge >= 0.3 is 0 Å². The van der Waals surface area contributed by atoms with Crippen LogP contribution in [0.4, 0.5) is 0 Å². The normalized spacial score (nSPS) is 10.6. The Morgan fingerprint density at radius 1 is 0.947 bits per heavy atom. The van der Waals surface area contributed by atoms with Crippen molar-refractivity contribution in [2.75, 3.05) is 6.54 Å². The molecule has 2 rings (SSSR count). The van der Waals surface area contributed by atoms with E-state index in [1.807, 2.05) is 24.3 Å². The summed E-state index contributed by atoms with van der Waals surface area (Å²) in [6, 6.07) is 18.3. The summed E-state index contributed by atoms with van der Waals surface area (Å²) in [5, 5.41) is 0. The Bertz CT molecular complexity index is 522. The lowest BCUT2D eigenvalue weighted by atomic mass is 10.1. The molecule has 2 aromatic carbocycles. The zero-order valence-corrected chi connectivity index (χ0v) is 11.3. The minimum absolute atomic E-state index is 0.744. The Morgan fingerprint density at radius 3 is 2.32 bits per heavy atom. The average Bonchev–Trinajstić information content (AvgIpc) is 2.48. The molecule has 0 unspecified atom stereocenters. The summed E-state index contributed by atoms with van der Waals surface area (Å²) in [6.45, 7) is 4.95. The van der Waals surface area contributed by atoms with Crippen molar-refractivity contribution in [3.63, 3.8) is 0 Å². The second-order valence-corrected chi connectivity index (χ2v) is 4.65. The monoisotopic (exact) mass is 253 g/mol. The molecule has 0 spiro atoms. The first-order valence-electron chi connectivity index (χ1n) is 6.62. The Morgan fingerprint density at radius 2 is 1.63 bits per heavy atom. The van der Waals surface area contributed by atoms with Gasteiger partial charge in [0, 0.05) is 18.7 Å². The van der Waals surface area contributed by atoms with E-state index in [1.54, 1.807) is 0 Å². The SMILES string of the molecule is CCN(Cc1ccccc1)Cc1cccc(C=O)c1. The third-order valence-electron chi connectivity index (χ3n) is 3.19. The molecule has 0 saturated carbocycles. The second kappa shape index (κ2) is 6.86. The third-order valence-corrected chi connectivity index (χ3v) is 3.19. The molecule has 0 atom stereocenters. The minimum Gasteiger partial charge on any atom is -0.298 e. The van der Waals surface area contributed by atoms with Crippen LogP contribution < -0.4 is 0 Å². The Balaban J connectivity index is 2.04. The number of hydrogen-bond acceptors (Lipinski definition) is 2. The van der Waals surface area contributed by atoms with Gasteiger partial charge < -0.3 is 0 Å². The van der Waals surface area contributed by atoms with Crippen molar-refractivity contribution < 1.29 is 4.79 Å². The lowest BCUT2D eigenvalue weighted by molar-refractivity contribution is 0.112. The van der Waals surface area contributed by atoms with Gasteiger partial charge in [0.05, 0.1) is 0 Å². The zero-order valence-electron chi connectivity index (χ0n) is 11.3. The highest BCUT2D eigenvalue weighted by Crippen LogP contribution is 2.10. The molecule has 2 heteroatoms. The number of hydrogen-bond donors (Lipinski definition) is 0. The van der Waals surface area contributed by atoms with Gasteiger partial charge in [-0.05, 0) is 23.7 Å². The summed E-state index contributed by atoms with van der Waals surface area (Å²) in [6.07, 6.45) is 0.900. The van der Waals surface area contributed by atoms with Crippen LogP contribution in [0.3, 0.4) is 0 Å². The van der Waals surface area contributed by atoms with Crippen molar-refractivity contribution in [2.24, 2.45) is 0 Å². The van der Waals surface area contributed by atoms with Crippen molar-refractivity contribution in [3.8, 4) is 0 Å². The molecule has 98 valence electrons. The van der Waals surface area contributed by atoms with E-state index in [0.29, 0.717) is 0 Å². The number of nitrogens with zero attached hydrogens (tertiary/aromatic N) is 1. The number of carbonyl (C=O) groups excluding carboxylic acids is 1. The standard InChI is InChI=1S/C17H19NO/c1-2-18(12-15-7-4-3-5-8-15)13-16-9-6-10-17(11-16)14-19/h3-11,14H,2,12-13H2,1H3. The van der Waals surface area contributed by atoms with Crippen LogP contribution in [-0.2, 0) is 13.1 Å². The lowest BCUT2D eigenvalue weighted by Crippen LogP contribution is -2.22. The Kier molecular flexibility index (Phi) is 4.87. The summed E-state index contributed by atoms with van der Waals surface area (Å²) in [5.41, 5.74) is 3.24. The third kappa shape index (κ3) is 4.04. The lowest BCUT2D eigenvalue weighted by Gasteiger charge is -2.20. The molecule has 0 bridgehead atoms. The first-order valence-corrected chi connectivity index (χ1v) is 6.62. The van der Waals surface area contributed by atoms with E-state index in [-0.39, 0.29) is 0 Å². The van der Waals surface area contributed by atoms with E-state index in [9.17, 15) is 4.79 Å². The van der Waals surface area contributed by atoms with E-state index >= 15 is 0 Å². The molecular weight excluding hydrogens is 234 g/mol. The molecule has 0 saturated heterocycles. The van der Waals surface area contributed by atoms with E-state index in [1.165, 1.54) is 11.1 Å². The number of carbonyl (C=O) groups is 1. The van der Waals surface area contributed by atoms with Gasteiger partial charge in [-0.3, -0.25) is 9.69 Å². The fourth-order valence-electron chi connectivity index (χ4n) is 2.14. The molecule has 19 heavy (non-hydrogen) atoms. The largest absolute Gasteiger partial charge is 0.298 e. The van der Waals surface area contributed by atoms with Gasteiger partial charge in [0.1, 0.15) is 6.29 Å². The second-order valence-electron chi connectivity index (χ2n) is 4.65. The quantitative estimate of drug-likeness (QED) is 0.734. The highest BCUT2D eigenvalue weighted by Gasteiger charge is 2.05. The van der Waals surface area contributed by atoms with Gasteiger partial charge in [0.25, 0.3) is 0 Å². The molecule has 2 nitrogen and oxygen atoms in total. The van der Waals surface area contributed by atoms with Crippen LogP contribution in [0.25, 0.3) is 0 Å². The number of aldehydes is 1. The van der Waals surface area contributed by atoms with Crippen LogP contribution in [0.5, 0.6) is 0 Å². The first kappa shape index (κ1) is 13.5. The van der Waals surface area contributed by atoms with Crippen LogP contribution in [-0.4, -0.2) is 17.7 Å². The van der Waals surface area contributed by atoms with Gasteiger partial charge in [-0.1, -0.05) is 55.5 Å². The summed E-state index contributed by atoms with van der Waals surface area (Å²) in [7, 11) is 0. The zero-order chi connectivity index (χ0) is 13.5. The van der Waals surface area contributed by atoms with E-state index in [0.717, 1.165) is 31.5 Å². The number of rotatable bonds is 6. The Hall–Kier alpha value is -1.93. The van der Waals surface area contributed by atoms with Crippen molar-refractivity contribution in [3.05, 3.63) is 71.3 Å². The molecule has 0 N–H and O–H groups in total. The minimum atomic E-state index is 0.744. The Labute approximate surface area is 114 Å². The van der Waals surface area contributed by atoms with Gasteiger partial charge in [0.15, 0.2) is 0 Å². The smallest absolute Gasteiger partial charge is 0.150 e. The highest BCUT2D eigenvalue weighted by atomic mass is 16.1. The predicted molar refractivity (Wildman–Crippen MR) is 78.1 cm³/mol. The molecule has 0 amide bonds. The maximum Gasteiger partial charge on any atom is 0.150 e. The summed E-state index contributed by atoms with van der Waals surface area (Å²) in [5.74, 6) is 0. The maximum absolute atomic E-state index is 10.8. The topological polar surface area (TPSA) is 20.3 Å². The molecule has 0 fully saturated rings. The fraction of sp³-hybridized carbons (Fsp3) is 0.235. The average molecular weight is 253 g/mol. The molecule has 0 aliphatic carbocycles. The summed E-state index contributed by atoms with van der Waals surface area (Å²) in [4.78, 5) is 13.2. The van der Waals surface area contributed by atoms with Gasteiger partial charge in [-0.25, -0.2) is 0 Å². The van der Waals surface area contributed by atoms with Crippen LogP contribution in [0.1, 0.15) is 28.4 Å². The van der Waals surface area contributed by atoms with Crippen molar-refractivity contribution in [1.29, 1.82) is 0 Å². The van der Waals surface area contributed by atoms with E-state index < -0.39 is 0 Å². The first-order chi connectivity index (χ1) is 9.31. The van der Waals surface area contributed by atoms with Crippen LogP contribution in [0.2, 0.25) is 0 Å². The molecule has 0 aliphatic rings. The van der Waals surface area contributed by atoms with Crippen LogP contribution >= 0.6 is 0 Å². The fourth-order valence-corrected chi connectivity index (χ4v) is 2.14. The maximum atomic E-state index is 10.8. The predicted octanol–water partition coefficient (Wildman–Crippen LogP) is 3.52. The molecule has 0 aliphatic heterocycles. The van der Waals surface area contributed by atoms with Crippen LogP contribution in [0.15, 0.2) is 54.6 Å². The van der Waals surface area contributed by atoms with Crippen molar-refractivity contribution in [1.82, 2.24) is 4.90 Å². The highest BCUT2D eigenvalue weighted by molar-refractivity contribution is 5.74. The van der Waals surface area contributed by atoms with E-state index in [4.69, 9.17) is 0 Å². The summed E-state index contributed by atoms with van der Waals surface area (Å²) >= 11 is 0. The van der Waals surface area contributed by atoms with Gasteiger partial charge in [0.2, 0.25) is 0 Å². The van der Waals surface area contributed by atoms with E-state index in [2.05, 4.69) is 42.2 Å².